The first-order valence-electron chi connectivity index (χ1n) is 12.8. The van der Waals surface area contributed by atoms with Crippen LogP contribution < -0.4 is 14.8 Å². The highest BCUT2D eigenvalue weighted by molar-refractivity contribution is 7.09. The van der Waals surface area contributed by atoms with Gasteiger partial charge in [-0.25, -0.2) is 4.79 Å². The molecule has 0 aliphatic heterocycles. The van der Waals surface area contributed by atoms with Gasteiger partial charge in [0.2, 0.25) is 5.91 Å². The Balaban J connectivity index is 1.76. The molecular weight excluding hydrogens is 498 g/mol. The Bertz CT molecular complexity index is 1210. The molecule has 0 bridgehead atoms. The van der Waals surface area contributed by atoms with Crippen molar-refractivity contribution < 1.29 is 19.1 Å². The van der Waals surface area contributed by atoms with Crippen LogP contribution in [0.25, 0.3) is 0 Å². The van der Waals surface area contributed by atoms with Gasteiger partial charge in [-0.15, -0.1) is 11.3 Å². The van der Waals surface area contributed by atoms with E-state index in [1.807, 2.05) is 86.5 Å². The number of nitrogens with zero attached hydrogens (tertiary/aromatic N) is 2. The van der Waals surface area contributed by atoms with Crippen LogP contribution in [0.1, 0.15) is 35.4 Å². The lowest BCUT2D eigenvalue weighted by Gasteiger charge is -2.29. The molecule has 1 heterocycles. The molecule has 2 aromatic carbocycles. The molecule has 1 N–H and O–H groups in total. The average Bonchev–Trinajstić information content (AvgIpc) is 3.41. The number of nitrogens with one attached hydrogen (secondary N) is 1. The summed E-state index contributed by atoms with van der Waals surface area (Å²) >= 11 is 1.62. The largest absolute Gasteiger partial charge is 0.493 e. The van der Waals surface area contributed by atoms with Gasteiger partial charge in [-0.1, -0.05) is 38.1 Å². The van der Waals surface area contributed by atoms with Gasteiger partial charge in [-0.2, -0.15) is 0 Å². The van der Waals surface area contributed by atoms with Crippen molar-refractivity contribution in [3.63, 3.8) is 0 Å². The summed E-state index contributed by atoms with van der Waals surface area (Å²) in [5, 5.41) is 5.03. The van der Waals surface area contributed by atoms with Crippen molar-refractivity contribution in [1.82, 2.24) is 9.80 Å². The fraction of sp³-hybridized carbons (Fsp3) is 0.400. The van der Waals surface area contributed by atoms with Gasteiger partial charge in [0.1, 0.15) is 6.54 Å². The van der Waals surface area contributed by atoms with E-state index in [9.17, 15) is 9.59 Å². The minimum absolute atomic E-state index is 0.00614. The summed E-state index contributed by atoms with van der Waals surface area (Å²) < 4.78 is 10.8. The van der Waals surface area contributed by atoms with Crippen LogP contribution in [0.4, 0.5) is 10.5 Å². The molecule has 0 aliphatic rings. The molecule has 0 unspecified atom stereocenters. The van der Waals surface area contributed by atoms with Gasteiger partial charge in [-0.3, -0.25) is 4.79 Å². The highest BCUT2D eigenvalue weighted by atomic mass is 32.1. The van der Waals surface area contributed by atoms with E-state index in [1.165, 1.54) is 0 Å². The lowest BCUT2D eigenvalue weighted by atomic mass is 10.1. The average molecular weight is 538 g/mol. The van der Waals surface area contributed by atoms with Crippen molar-refractivity contribution >= 4 is 29.0 Å². The maximum absolute atomic E-state index is 13.6. The molecule has 7 nitrogen and oxygen atoms in total. The van der Waals surface area contributed by atoms with Crippen LogP contribution in [-0.2, 0) is 17.8 Å². The van der Waals surface area contributed by atoms with Gasteiger partial charge in [0, 0.05) is 23.7 Å². The number of ether oxygens (including phenoxy) is 2. The number of urea groups is 1. The third-order valence-corrected chi connectivity index (χ3v) is 7.30. The molecule has 0 aliphatic carbocycles. The molecule has 3 aromatic rings. The zero-order valence-electron chi connectivity index (χ0n) is 23.2. The summed E-state index contributed by atoms with van der Waals surface area (Å²) in [6.45, 7) is 9.59. The van der Waals surface area contributed by atoms with Gasteiger partial charge in [0.25, 0.3) is 0 Å². The molecular formula is C30H39N3O4S. The van der Waals surface area contributed by atoms with Crippen molar-refractivity contribution in [3.05, 3.63) is 75.5 Å². The van der Waals surface area contributed by atoms with Crippen LogP contribution in [0, 0.1) is 19.8 Å². The standard InChI is InChI=1S/C30H39N3O4S/c1-21(2)18-33(30(35)31-26-11-7-9-22(3)23(26)4)20-29(34)32(19-25-10-8-16-38-25)15-14-24-12-13-27(36-5)28(17-24)37-6/h7-13,16-17,21H,14-15,18-20H2,1-6H3,(H,31,35). The predicted molar refractivity (Wildman–Crippen MR) is 154 cm³/mol. The summed E-state index contributed by atoms with van der Waals surface area (Å²) in [6, 6.07) is 15.4. The van der Waals surface area contributed by atoms with E-state index in [-0.39, 0.29) is 24.4 Å². The van der Waals surface area contributed by atoms with Crippen LogP contribution in [-0.4, -0.2) is 55.6 Å². The molecule has 38 heavy (non-hydrogen) atoms. The summed E-state index contributed by atoms with van der Waals surface area (Å²) in [4.78, 5) is 31.5. The lowest BCUT2D eigenvalue weighted by molar-refractivity contribution is -0.132. The van der Waals surface area contributed by atoms with Crippen molar-refractivity contribution in [2.45, 2.75) is 40.7 Å². The number of amides is 3. The van der Waals surface area contributed by atoms with E-state index in [0.717, 1.165) is 27.3 Å². The Morgan fingerprint density at radius 2 is 1.74 bits per heavy atom. The molecule has 204 valence electrons. The molecule has 3 amide bonds. The fourth-order valence-corrected chi connectivity index (χ4v) is 4.91. The zero-order valence-corrected chi connectivity index (χ0v) is 24.1. The quantitative estimate of drug-likeness (QED) is 0.301. The van der Waals surface area contributed by atoms with E-state index < -0.39 is 0 Å². The van der Waals surface area contributed by atoms with E-state index in [0.29, 0.717) is 37.6 Å². The van der Waals surface area contributed by atoms with Gasteiger partial charge in [0.05, 0.1) is 20.8 Å². The smallest absolute Gasteiger partial charge is 0.322 e. The monoisotopic (exact) mass is 537 g/mol. The number of thiophene rings is 1. The summed E-state index contributed by atoms with van der Waals surface area (Å²) in [7, 11) is 3.22. The first-order valence-corrected chi connectivity index (χ1v) is 13.7. The van der Waals surface area contributed by atoms with E-state index in [2.05, 4.69) is 5.32 Å². The topological polar surface area (TPSA) is 71.1 Å². The van der Waals surface area contributed by atoms with Crippen LogP contribution >= 0.6 is 11.3 Å². The van der Waals surface area contributed by atoms with Crippen molar-refractivity contribution in [2.75, 3.05) is 39.2 Å². The Hall–Kier alpha value is -3.52. The number of aryl methyl sites for hydroxylation is 1. The number of hydrogen-bond donors (Lipinski definition) is 1. The number of benzene rings is 2. The summed E-state index contributed by atoms with van der Waals surface area (Å²) in [5.74, 6) is 1.45. The first kappa shape index (κ1) is 29.0. The molecule has 1 aromatic heterocycles. The maximum Gasteiger partial charge on any atom is 0.322 e. The SMILES string of the molecule is COc1ccc(CCN(Cc2cccs2)C(=O)CN(CC(C)C)C(=O)Nc2cccc(C)c2C)cc1OC. The molecule has 0 spiro atoms. The Kier molecular flexibility index (Phi) is 10.6. The molecule has 0 atom stereocenters. The lowest BCUT2D eigenvalue weighted by Crippen LogP contribution is -2.46. The Labute approximate surface area is 230 Å². The van der Waals surface area contributed by atoms with E-state index in [1.54, 1.807) is 30.5 Å². The normalized spacial score (nSPS) is 10.8. The summed E-state index contributed by atoms with van der Waals surface area (Å²) in [6.07, 6.45) is 0.649. The second-order valence-electron chi connectivity index (χ2n) is 9.79. The Morgan fingerprint density at radius 1 is 0.974 bits per heavy atom. The molecule has 0 saturated carbocycles. The highest BCUT2D eigenvalue weighted by Crippen LogP contribution is 2.28. The van der Waals surface area contributed by atoms with Crippen molar-refractivity contribution in [2.24, 2.45) is 5.92 Å². The van der Waals surface area contributed by atoms with Gasteiger partial charge >= 0.3 is 6.03 Å². The van der Waals surface area contributed by atoms with E-state index in [4.69, 9.17) is 9.47 Å². The Morgan fingerprint density at radius 3 is 2.39 bits per heavy atom. The van der Waals surface area contributed by atoms with Crippen LogP contribution in [0.2, 0.25) is 0 Å². The zero-order chi connectivity index (χ0) is 27.7. The van der Waals surface area contributed by atoms with E-state index >= 15 is 0 Å². The van der Waals surface area contributed by atoms with Crippen LogP contribution in [0.15, 0.2) is 53.9 Å². The molecule has 0 radical (unpaired) electrons. The minimum Gasteiger partial charge on any atom is -0.493 e. The second kappa shape index (κ2) is 13.9. The number of hydrogen-bond acceptors (Lipinski definition) is 5. The predicted octanol–water partition coefficient (Wildman–Crippen LogP) is 6.14. The molecule has 8 heteroatoms. The van der Waals surface area contributed by atoms with Crippen LogP contribution in [0.3, 0.4) is 0 Å². The fourth-order valence-electron chi connectivity index (χ4n) is 4.19. The maximum atomic E-state index is 13.6. The van der Waals surface area contributed by atoms with Crippen LogP contribution in [0.5, 0.6) is 11.5 Å². The van der Waals surface area contributed by atoms with Gasteiger partial charge < -0.3 is 24.6 Å². The number of anilines is 1. The van der Waals surface area contributed by atoms with Crippen molar-refractivity contribution in [3.8, 4) is 11.5 Å². The van der Waals surface area contributed by atoms with Gasteiger partial charge in [0.15, 0.2) is 11.5 Å². The number of methoxy groups -OCH3 is 2. The summed E-state index contributed by atoms with van der Waals surface area (Å²) in [5.41, 5.74) is 3.93. The second-order valence-corrected chi connectivity index (χ2v) is 10.8. The number of rotatable bonds is 12. The number of carbonyl (C=O) groups is 2. The van der Waals surface area contributed by atoms with Gasteiger partial charge in [-0.05, 0) is 72.5 Å². The third-order valence-electron chi connectivity index (χ3n) is 6.44. The highest BCUT2D eigenvalue weighted by Gasteiger charge is 2.23. The minimum atomic E-state index is -0.267. The first-order chi connectivity index (χ1) is 18.2. The third kappa shape index (κ3) is 7.99. The molecule has 0 saturated heterocycles. The molecule has 3 rings (SSSR count). The number of carbonyl (C=O) groups excluding carboxylic acids is 2. The molecule has 0 fully saturated rings. The van der Waals surface area contributed by atoms with Crippen molar-refractivity contribution in [1.29, 1.82) is 0 Å².